The maximum Gasteiger partial charge on any atom is 0.306 e. The van der Waals surface area contributed by atoms with Crippen LogP contribution in [-0.2, 0) is 24.3 Å². The first-order chi connectivity index (χ1) is 14.8. The highest BCUT2D eigenvalue weighted by Gasteiger charge is 2.30. The number of benzene rings is 2. The number of aliphatic imine (C=N–C) groups is 1. The first kappa shape index (κ1) is 22.5. The number of nitrogens with zero attached hydrogens (tertiary/aromatic N) is 1. The molecule has 0 spiro atoms. The summed E-state index contributed by atoms with van der Waals surface area (Å²) in [5.74, 6) is -0.615. The third-order valence-corrected chi connectivity index (χ3v) is 6.20. The number of carbonyl (C=O) groups is 2. The smallest absolute Gasteiger partial charge is 0.306 e. The van der Waals surface area contributed by atoms with Crippen molar-refractivity contribution in [3.8, 4) is 0 Å². The van der Waals surface area contributed by atoms with Gasteiger partial charge in [-0.1, -0.05) is 42.5 Å². The average molecular weight is 444 g/mol. The van der Waals surface area contributed by atoms with Crippen molar-refractivity contribution in [2.24, 2.45) is 4.99 Å². The van der Waals surface area contributed by atoms with Gasteiger partial charge in [0.1, 0.15) is 5.84 Å². The Labute approximate surface area is 181 Å². The summed E-state index contributed by atoms with van der Waals surface area (Å²) in [5.41, 5.74) is 1.47. The molecule has 31 heavy (non-hydrogen) atoms. The zero-order valence-electron chi connectivity index (χ0n) is 17.4. The zero-order chi connectivity index (χ0) is 22.4. The molecule has 2 aromatic carbocycles. The zero-order valence-corrected chi connectivity index (χ0v) is 18.2. The number of amides is 1. The van der Waals surface area contributed by atoms with Crippen molar-refractivity contribution < 1.29 is 22.7 Å². The van der Waals surface area contributed by atoms with E-state index in [4.69, 9.17) is 4.74 Å². The predicted octanol–water partition coefficient (Wildman–Crippen LogP) is 2.31. The fourth-order valence-corrected chi connectivity index (χ4v) is 4.38. The molecule has 2 N–H and O–H groups in total. The van der Waals surface area contributed by atoms with E-state index in [-0.39, 0.29) is 35.6 Å². The molecule has 0 bridgehead atoms. The number of fused-ring (bicyclic) bond motifs is 1. The highest BCUT2D eigenvalue weighted by molar-refractivity contribution is 7.90. The Morgan fingerprint density at radius 2 is 1.74 bits per heavy atom. The van der Waals surface area contributed by atoms with Crippen LogP contribution in [0, 0.1) is 0 Å². The molecule has 1 aliphatic rings. The van der Waals surface area contributed by atoms with Crippen molar-refractivity contribution in [3.63, 3.8) is 0 Å². The average Bonchev–Trinajstić information content (AvgIpc) is 3.02. The van der Waals surface area contributed by atoms with Crippen LogP contribution in [0.4, 0.5) is 0 Å². The van der Waals surface area contributed by atoms with Gasteiger partial charge in [-0.15, -0.1) is 0 Å². The van der Waals surface area contributed by atoms with Gasteiger partial charge in [-0.25, -0.2) is 8.42 Å². The molecule has 8 nitrogen and oxygen atoms in total. The predicted molar refractivity (Wildman–Crippen MR) is 116 cm³/mol. The van der Waals surface area contributed by atoms with Crippen LogP contribution >= 0.6 is 0 Å². The Hall–Kier alpha value is -3.20. The fraction of sp³-hybridized carbons (Fsp3) is 0.318. The largest absolute Gasteiger partial charge is 0.453 e. The van der Waals surface area contributed by atoms with Gasteiger partial charge in [-0.2, -0.15) is 0 Å². The Balaban J connectivity index is 1.44. The van der Waals surface area contributed by atoms with Gasteiger partial charge in [0, 0.05) is 18.5 Å². The standard InChI is InChI=1S/C22H25N3O5S/c1-15(17-9-4-3-5-10-17)24-22(27)16(2)30-20(26)13-8-14-23-21-18-11-6-7-12-19(18)31(28,29)25-21/h3-7,9-12,15-16H,8,13-14H2,1-2H3,(H,23,25)(H,24,27)/t15-,16+/m1/s1. The SMILES string of the molecule is C[C@H](OC(=O)CCCN=C1NS(=O)(=O)c2ccccc21)C(=O)N[C@H](C)c1ccccc1. The van der Waals surface area contributed by atoms with E-state index < -0.39 is 22.1 Å². The fourth-order valence-electron chi connectivity index (χ4n) is 3.13. The van der Waals surface area contributed by atoms with Crippen molar-refractivity contribution >= 4 is 27.7 Å². The summed E-state index contributed by atoms with van der Waals surface area (Å²) in [5, 5.41) is 2.82. The van der Waals surface area contributed by atoms with E-state index in [1.54, 1.807) is 18.2 Å². The lowest BCUT2D eigenvalue weighted by Gasteiger charge is -2.18. The topological polar surface area (TPSA) is 114 Å². The molecule has 0 fully saturated rings. The molecule has 0 aliphatic carbocycles. The molecule has 164 valence electrons. The van der Waals surface area contributed by atoms with Gasteiger partial charge in [-0.05, 0) is 38.0 Å². The summed E-state index contributed by atoms with van der Waals surface area (Å²) in [6, 6.07) is 15.9. The second kappa shape index (κ2) is 9.74. The van der Waals surface area contributed by atoms with Crippen LogP contribution in [0.3, 0.4) is 0 Å². The number of esters is 1. The van der Waals surface area contributed by atoms with Crippen LogP contribution in [-0.4, -0.2) is 38.8 Å². The number of amidine groups is 1. The summed E-state index contributed by atoms with van der Waals surface area (Å²) in [4.78, 5) is 28.8. The third kappa shape index (κ3) is 5.69. The van der Waals surface area contributed by atoms with Crippen LogP contribution in [0.1, 0.15) is 43.9 Å². The number of hydrogen-bond donors (Lipinski definition) is 2. The van der Waals surface area contributed by atoms with E-state index in [1.165, 1.54) is 13.0 Å². The molecule has 2 atom stereocenters. The molecule has 0 saturated heterocycles. The molecule has 3 rings (SSSR count). The molecule has 0 radical (unpaired) electrons. The lowest BCUT2D eigenvalue weighted by atomic mass is 10.1. The molecule has 9 heteroatoms. The summed E-state index contributed by atoms with van der Waals surface area (Å²) in [6.45, 7) is 3.62. The Kier molecular flexibility index (Phi) is 7.06. The number of carbonyl (C=O) groups excluding carboxylic acids is 2. The van der Waals surface area contributed by atoms with E-state index in [2.05, 4.69) is 15.0 Å². The maximum atomic E-state index is 12.3. The molecule has 0 saturated carbocycles. The van der Waals surface area contributed by atoms with Crippen LogP contribution in [0.15, 0.2) is 64.5 Å². The van der Waals surface area contributed by atoms with Gasteiger partial charge in [0.2, 0.25) is 0 Å². The van der Waals surface area contributed by atoms with E-state index in [0.717, 1.165) is 5.56 Å². The third-order valence-electron chi connectivity index (χ3n) is 4.81. The first-order valence-electron chi connectivity index (χ1n) is 9.99. The number of hydrogen-bond acceptors (Lipinski definition) is 6. The van der Waals surface area contributed by atoms with Gasteiger partial charge in [0.25, 0.3) is 15.9 Å². The molecular weight excluding hydrogens is 418 g/mol. The Morgan fingerprint density at radius 3 is 2.48 bits per heavy atom. The first-order valence-corrected chi connectivity index (χ1v) is 11.5. The molecular formula is C22H25N3O5S. The molecule has 0 aromatic heterocycles. The maximum absolute atomic E-state index is 12.3. The molecule has 2 aromatic rings. The Bertz CT molecular complexity index is 1080. The van der Waals surface area contributed by atoms with Crippen molar-refractivity contribution in [2.45, 2.75) is 43.7 Å². The van der Waals surface area contributed by atoms with Crippen LogP contribution in [0.5, 0.6) is 0 Å². The van der Waals surface area contributed by atoms with E-state index >= 15 is 0 Å². The minimum atomic E-state index is -3.58. The summed E-state index contributed by atoms with van der Waals surface area (Å²) in [6.07, 6.45) is -0.489. The molecule has 1 amide bonds. The molecule has 1 heterocycles. The van der Waals surface area contributed by atoms with Gasteiger partial charge in [0.05, 0.1) is 10.9 Å². The van der Waals surface area contributed by atoms with Crippen LogP contribution < -0.4 is 10.0 Å². The second-order valence-corrected chi connectivity index (χ2v) is 8.86. The highest BCUT2D eigenvalue weighted by atomic mass is 32.2. The van der Waals surface area contributed by atoms with Crippen LogP contribution in [0.25, 0.3) is 0 Å². The van der Waals surface area contributed by atoms with Crippen molar-refractivity contribution in [3.05, 3.63) is 65.7 Å². The number of ether oxygens (including phenoxy) is 1. The molecule has 1 aliphatic heterocycles. The highest BCUT2D eigenvalue weighted by Crippen LogP contribution is 2.22. The quantitative estimate of drug-likeness (QED) is 0.480. The minimum absolute atomic E-state index is 0.0665. The van der Waals surface area contributed by atoms with Gasteiger partial charge >= 0.3 is 5.97 Å². The number of nitrogens with one attached hydrogen (secondary N) is 2. The van der Waals surface area contributed by atoms with Crippen molar-refractivity contribution in [2.75, 3.05) is 6.54 Å². The molecule has 0 unspecified atom stereocenters. The van der Waals surface area contributed by atoms with E-state index in [0.29, 0.717) is 12.0 Å². The van der Waals surface area contributed by atoms with Crippen LogP contribution in [0.2, 0.25) is 0 Å². The van der Waals surface area contributed by atoms with Gasteiger partial charge in [0.15, 0.2) is 6.10 Å². The lowest BCUT2D eigenvalue weighted by molar-refractivity contribution is -0.155. The number of sulfonamides is 1. The van der Waals surface area contributed by atoms with Crippen molar-refractivity contribution in [1.82, 2.24) is 10.0 Å². The summed E-state index contributed by atoms with van der Waals surface area (Å²) >= 11 is 0. The summed E-state index contributed by atoms with van der Waals surface area (Å²) in [7, 11) is -3.58. The Morgan fingerprint density at radius 1 is 1.06 bits per heavy atom. The monoisotopic (exact) mass is 443 g/mol. The van der Waals surface area contributed by atoms with E-state index in [9.17, 15) is 18.0 Å². The minimum Gasteiger partial charge on any atom is -0.453 e. The normalized spacial score (nSPS) is 17.3. The summed E-state index contributed by atoms with van der Waals surface area (Å²) < 4.78 is 31.7. The lowest BCUT2D eigenvalue weighted by Crippen LogP contribution is -2.37. The second-order valence-electron chi connectivity index (χ2n) is 7.21. The van der Waals surface area contributed by atoms with E-state index in [1.807, 2.05) is 37.3 Å². The number of rotatable bonds is 8. The van der Waals surface area contributed by atoms with Gasteiger partial charge < -0.3 is 10.1 Å². The van der Waals surface area contributed by atoms with Crippen molar-refractivity contribution in [1.29, 1.82) is 0 Å². The van der Waals surface area contributed by atoms with Gasteiger partial charge in [-0.3, -0.25) is 19.3 Å².